The number of benzene rings is 2. The predicted molar refractivity (Wildman–Crippen MR) is 134 cm³/mol. The van der Waals surface area contributed by atoms with E-state index in [1.54, 1.807) is 18.2 Å². The van der Waals surface area contributed by atoms with E-state index in [0.29, 0.717) is 30.2 Å². The Labute approximate surface area is 206 Å². The molecule has 36 heavy (non-hydrogen) atoms. The van der Waals surface area contributed by atoms with E-state index in [1.165, 1.54) is 10.8 Å². The molecule has 0 saturated heterocycles. The number of Topliss-reactive ketones (excluding diaryl/α,β-unsaturated/α-hetero) is 1. The highest BCUT2D eigenvalue weighted by Gasteiger charge is 2.38. The smallest absolute Gasteiger partial charge is 0.255 e. The molecule has 1 saturated carbocycles. The number of carbonyl (C=O) groups excluding carboxylic acids is 1. The molecule has 9 heteroatoms. The van der Waals surface area contributed by atoms with Gasteiger partial charge in [0.05, 0.1) is 17.5 Å². The van der Waals surface area contributed by atoms with Gasteiger partial charge in [0.15, 0.2) is 15.6 Å². The van der Waals surface area contributed by atoms with E-state index in [0.717, 1.165) is 23.8 Å². The molecule has 1 fully saturated rings. The molecule has 1 aliphatic rings. The van der Waals surface area contributed by atoms with E-state index in [2.05, 4.69) is 4.98 Å². The van der Waals surface area contributed by atoms with Crippen LogP contribution in [0.4, 0.5) is 8.78 Å². The molecule has 0 atom stereocenters. The highest BCUT2D eigenvalue weighted by Crippen LogP contribution is 2.37. The summed E-state index contributed by atoms with van der Waals surface area (Å²) in [5, 5.41) is 0.0187. The summed E-state index contributed by atoms with van der Waals surface area (Å²) in [6.07, 6.45) is 3.17. The van der Waals surface area contributed by atoms with Crippen LogP contribution in [0, 0.1) is 11.6 Å². The van der Waals surface area contributed by atoms with Gasteiger partial charge in [0.1, 0.15) is 17.4 Å². The zero-order valence-electron chi connectivity index (χ0n) is 19.6. The molecule has 2 aromatic heterocycles. The number of hydrogen-bond acceptors (Lipinski definition) is 4. The van der Waals surface area contributed by atoms with Gasteiger partial charge < -0.3 is 9.55 Å². The fraction of sp³-hybridized carbons (Fsp3) is 0.259. The molecule has 2 aromatic carbocycles. The summed E-state index contributed by atoms with van der Waals surface area (Å²) in [5.41, 5.74) is 1.48. The number of nitrogens with one attached hydrogen (secondary N) is 1. The third-order valence-corrected chi connectivity index (χ3v) is 8.74. The van der Waals surface area contributed by atoms with Gasteiger partial charge in [-0.3, -0.25) is 9.59 Å². The topological polar surface area (TPSA) is 89.0 Å². The standard InChI is InChI=1S/C27H24F2N2O4S/c1-2-16-5-10-23-21(12-16)25(20-4-3-11-30-27(20)33)26(24(32)15-36(34,35)19-7-8-19)31(23)14-17-13-18(28)6-9-22(17)29/h3-6,9-13,19H,2,7-8,14-15H2,1H3,(H,30,33). The number of nitrogens with zero attached hydrogens (tertiary/aromatic N) is 1. The number of aromatic amines is 1. The average molecular weight is 511 g/mol. The van der Waals surface area contributed by atoms with Crippen molar-refractivity contribution in [2.24, 2.45) is 0 Å². The van der Waals surface area contributed by atoms with Crippen molar-refractivity contribution in [3.63, 3.8) is 0 Å². The second-order valence-corrected chi connectivity index (χ2v) is 11.4. The van der Waals surface area contributed by atoms with E-state index >= 15 is 0 Å². The van der Waals surface area contributed by atoms with Crippen LogP contribution in [0.25, 0.3) is 22.0 Å². The van der Waals surface area contributed by atoms with E-state index < -0.39 is 43.8 Å². The monoisotopic (exact) mass is 510 g/mol. The Bertz CT molecular complexity index is 1670. The zero-order valence-corrected chi connectivity index (χ0v) is 20.4. The maximum atomic E-state index is 14.7. The first-order chi connectivity index (χ1) is 17.2. The molecule has 2 heterocycles. The lowest BCUT2D eigenvalue weighted by Gasteiger charge is -2.13. The van der Waals surface area contributed by atoms with Crippen LogP contribution >= 0.6 is 0 Å². The van der Waals surface area contributed by atoms with Crippen molar-refractivity contribution < 1.29 is 22.0 Å². The van der Waals surface area contributed by atoms with Crippen LogP contribution < -0.4 is 5.56 Å². The van der Waals surface area contributed by atoms with Crippen molar-refractivity contribution in [3.05, 3.63) is 93.5 Å². The Morgan fingerprint density at radius 2 is 1.89 bits per heavy atom. The molecule has 4 aromatic rings. The molecule has 0 radical (unpaired) electrons. The van der Waals surface area contributed by atoms with Gasteiger partial charge in [-0.2, -0.15) is 0 Å². The molecule has 0 unspecified atom stereocenters. The number of carbonyl (C=O) groups is 1. The van der Waals surface area contributed by atoms with Crippen LogP contribution in [0.5, 0.6) is 0 Å². The number of fused-ring (bicyclic) bond motifs is 1. The minimum Gasteiger partial charge on any atom is -0.333 e. The Balaban J connectivity index is 1.82. The van der Waals surface area contributed by atoms with Crippen molar-refractivity contribution in [1.29, 1.82) is 0 Å². The quantitative estimate of drug-likeness (QED) is 0.350. The first-order valence-electron chi connectivity index (χ1n) is 11.7. The lowest BCUT2D eigenvalue weighted by Crippen LogP contribution is -2.23. The van der Waals surface area contributed by atoms with Crippen molar-refractivity contribution in [3.8, 4) is 11.1 Å². The number of ketones is 1. The molecule has 0 bridgehead atoms. The van der Waals surface area contributed by atoms with Crippen molar-refractivity contribution >= 4 is 26.5 Å². The number of pyridine rings is 1. The number of hydrogen-bond donors (Lipinski definition) is 1. The number of sulfone groups is 1. The van der Waals surface area contributed by atoms with Gasteiger partial charge in [0.2, 0.25) is 0 Å². The first-order valence-corrected chi connectivity index (χ1v) is 13.4. The summed E-state index contributed by atoms with van der Waals surface area (Å²) >= 11 is 0. The van der Waals surface area contributed by atoms with Gasteiger partial charge in [-0.05, 0) is 67.3 Å². The molecule has 0 aliphatic heterocycles. The number of aryl methyl sites for hydroxylation is 1. The average Bonchev–Trinajstić information content (AvgIpc) is 3.66. The highest BCUT2D eigenvalue weighted by molar-refractivity contribution is 7.93. The van der Waals surface area contributed by atoms with E-state index in [-0.39, 0.29) is 28.9 Å². The zero-order chi connectivity index (χ0) is 25.6. The van der Waals surface area contributed by atoms with Crippen LogP contribution in [0.2, 0.25) is 0 Å². The summed E-state index contributed by atoms with van der Waals surface area (Å²) < 4.78 is 55.7. The molecule has 6 nitrogen and oxygen atoms in total. The number of aromatic nitrogens is 2. The van der Waals surface area contributed by atoms with Gasteiger partial charge in [-0.1, -0.05) is 13.0 Å². The molecule has 5 rings (SSSR count). The van der Waals surface area contributed by atoms with Gasteiger partial charge >= 0.3 is 0 Å². The van der Waals surface area contributed by atoms with E-state index in [4.69, 9.17) is 0 Å². The lowest BCUT2D eigenvalue weighted by atomic mass is 10.00. The minimum absolute atomic E-state index is 0.000843. The fourth-order valence-corrected chi connectivity index (χ4v) is 6.19. The Kier molecular flexibility index (Phi) is 6.12. The van der Waals surface area contributed by atoms with E-state index in [1.807, 2.05) is 19.1 Å². The Morgan fingerprint density at radius 3 is 2.58 bits per heavy atom. The number of halogens is 2. The molecule has 1 N–H and O–H groups in total. The van der Waals surface area contributed by atoms with Crippen LogP contribution in [-0.4, -0.2) is 34.8 Å². The van der Waals surface area contributed by atoms with Gasteiger partial charge in [0.25, 0.3) is 5.56 Å². The minimum atomic E-state index is -3.68. The van der Waals surface area contributed by atoms with Crippen molar-refractivity contribution in [1.82, 2.24) is 9.55 Å². The SMILES string of the molecule is CCc1ccc2c(c1)c(-c1ccc[nH]c1=O)c(C(=O)CS(=O)(=O)C1CC1)n2Cc1cc(F)ccc1F. The number of H-pyrrole nitrogens is 1. The first kappa shape index (κ1) is 24.1. The third-order valence-electron chi connectivity index (χ3n) is 6.59. The normalized spacial score (nSPS) is 13.9. The third kappa shape index (κ3) is 4.39. The van der Waals surface area contributed by atoms with Crippen LogP contribution in [0.3, 0.4) is 0 Å². The summed E-state index contributed by atoms with van der Waals surface area (Å²) in [4.78, 5) is 29.2. The van der Waals surface area contributed by atoms with Crippen LogP contribution in [0.1, 0.15) is 41.4 Å². The summed E-state index contributed by atoms with van der Waals surface area (Å²) in [6, 6.07) is 11.7. The molecular weight excluding hydrogens is 486 g/mol. The van der Waals surface area contributed by atoms with Crippen molar-refractivity contribution in [2.45, 2.75) is 38.0 Å². The second-order valence-electron chi connectivity index (χ2n) is 9.09. The maximum Gasteiger partial charge on any atom is 0.255 e. The fourth-order valence-electron chi connectivity index (χ4n) is 4.60. The Hall–Kier alpha value is -3.59. The predicted octanol–water partition coefficient (Wildman–Crippen LogP) is 4.65. The summed E-state index contributed by atoms with van der Waals surface area (Å²) in [7, 11) is -3.68. The Morgan fingerprint density at radius 1 is 1.11 bits per heavy atom. The summed E-state index contributed by atoms with van der Waals surface area (Å²) in [5.74, 6) is -2.71. The van der Waals surface area contributed by atoms with Gasteiger partial charge in [0, 0.05) is 33.8 Å². The van der Waals surface area contributed by atoms with Crippen LogP contribution in [-0.2, 0) is 22.8 Å². The summed E-state index contributed by atoms with van der Waals surface area (Å²) in [6.45, 7) is 1.74. The largest absolute Gasteiger partial charge is 0.333 e. The number of rotatable bonds is 8. The highest BCUT2D eigenvalue weighted by atomic mass is 32.2. The molecule has 0 spiro atoms. The van der Waals surface area contributed by atoms with Gasteiger partial charge in [-0.15, -0.1) is 0 Å². The maximum absolute atomic E-state index is 14.7. The molecule has 0 amide bonds. The molecule has 186 valence electrons. The molecular formula is C27H24F2N2O4S. The van der Waals surface area contributed by atoms with Crippen LogP contribution in [0.15, 0.2) is 59.5 Å². The molecule has 1 aliphatic carbocycles. The van der Waals surface area contributed by atoms with Gasteiger partial charge in [-0.25, -0.2) is 17.2 Å². The lowest BCUT2D eigenvalue weighted by molar-refractivity contribution is 0.101. The second kappa shape index (κ2) is 9.13. The van der Waals surface area contributed by atoms with Crippen molar-refractivity contribution in [2.75, 3.05) is 5.75 Å². The van der Waals surface area contributed by atoms with E-state index in [9.17, 15) is 26.8 Å².